The van der Waals surface area contributed by atoms with Gasteiger partial charge in [0.15, 0.2) is 5.78 Å². The van der Waals surface area contributed by atoms with E-state index in [1.807, 2.05) is 0 Å². The first-order valence-corrected chi connectivity index (χ1v) is 8.01. The maximum atomic E-state index is 13.7. The first kappa shape index (κ1) is 17.7. The Kier molecular flexibility index (Phi) is 4.54. The van der Waals surface area contributed by atoms with Gasteiger partial charge in [-0.2, -0.15) is 0 Å². The van der Waals surface area contributed by atoms with Crippen LogP contribution in [-0.4, -0.2) is 17.6 Å². The SMILES string of the molecule is CC(=O)c1cccc(NC(=O)C2(C(=O)Nc3ccc(F)cc3F)CC2)c1. The zero-order chi connectivity index (χ0) is 18.9. The van der Waals surface area contributed by atoms with Crippen LogP contribution in [0.1, 0.15) is 30.1 Å². The van der Waals surface area contributed by atoms with Gasteiger partial charge in [-0.25, -0.2) is 8.78 Å². The van der Waals surface area contributed by atoms with Crippen LogP contribution in [0.25, 0.3) is 0 Å². The summed E-state index contributed by atoms with van der Waals surface area (Å²) in [6, 6.07) is 9.15. The highest BCUT2D eigenvalue weighted by molar-refractivity contribution is 6.17. The van der Waals surface area contributed by atoms with E-state index in [0.717, 1.165) is 12.1 Å². The molecule has 2 aromatic rings. The molecule has 0 saturated heterocycles. The molecule has 26 heavy (non-hydrogen) atoms. The zero-order valence-electron chi connectivity index (χ0n) is 13.9. The predicted octanol–water partition coefficient (Wildman–Crippen LogP) is 3.52. The second-order valence-corrected chi connectivity index (χ2v) is 6.25. The molecule has 2 aromatic carbocycles. The molecule has 0 aromatic heterocycles. The molecule has 1 saturated carbocycles. The van der Waals surface area contributed by atoms with E-state index in [1.54, 1.807) is 18.2 Å². The van der Waals surface area contributed by atoms with Gasteiger partial charge in [0, 0.05) is 17.3 Å². The molecule has 0 heterocycles. The summed E-state index contributed by atoms with van der Waals surface area (Å²) in [5.41, 5.74) is -0.651. The van der Waals surface area contributed by atoms with Crippen LogP contribution >= 0.6 is 0 Å². The molecule has 1 fully saturated rings. The van der Waals surface area contributed by atoms with E-state index in [0.29, 0.717) is 30.2 Å². The normalized spacial score (nSPS) is 14.4. The van der Waals surface area contributed by atoms with Crippen LogP contribution in [-0.2, 0) is 9.59 Å². The maximum Gasteiger partial charge on any atom is 0.240 e. The molecule has 0 aliphatic heterocycles. The summed E-state index contributed by atoms with van der Waals surface area (Å²) < 4.78 is 26.7. The number of Topliss-reactive ketones (excluding diaryl/α,β-unsaturated/α-hetero) is 1. The Labute approximate surface area is 148 Å². The summed E-state index contributed by atoms with van der Waals surface area (Å²) in [6.07, 6.45) is 0.639. The highest BCUT2D eigenvalue weighted by atomic mass is 19.1. The minimum absolute atomic E-state index is 0.147. The minimum atomic E-state index is -1.30. The average Bonchev–Trinajstić information content (AvgIpc) is 3.39. The number of hydrogen-bond acceptors (Lipinski definition) is 3. The van der Waals surface area contributed by atoms with Gasteiger partial charge in [-0.3, -0.25) is 14.4 Å². The first-order chi connectivity index (χ1) is 12.3. The van der Waals surface area contributed by atoms with Gasteiger partial charge in [0.1, 0.15) is 17.0 Å². The predicted molar refractivity (Wildman–Crippen MR) is 91.7 cm³/mol. The van der Waals surface area contributed by atoms with Crippen LogP contribution in [0.3, 0.4) is 0 Å². The van der Waals surface area contributed by atoms with Crippen molar-refractivity contribution in [3.05, 3.63) is 59.7 Å². The van der Waals surface area contributed by atoms with E-state index in [4.69, 9.17) is 0 Å². The Balaban J connectivity index is 1.73. The third-order valence-electron chi connectivity index (χ3n) is 4.33. The number of halogens is 2. The number of amides is 2. The smallest absolute Gasteiger partial charge is 0.240 e. The van der Waals surface area contributed by atoms with Gasteiger partial charge >= 0.3 is 0 Å². The van der Waals surface area contributed by atoms with Crippen LogP contribution in [0.4, 0.5) is 20.2 Å². The van der Waals surface area contributed by atoms with E-state index in [9.17, 15) is 23.2 Å². The highest BCUT2D eigenvalue weighted by Gasteiger charge is 2.56. The lowest BCUT2D eigenvalue weighted by Crippen LogP contribution is -2.35. The van der Waals surface area contributed by atoms with E-state index in [-0.39, 0.29) is 11.5 Å². The van der Waals surface area contributed by atoms with Crippen molar-refractivity contribution in [1.82, 2.24) is 0 Å². The van der Waals surface area contributed by atoms with E-state index >= 15 is 0 Å². The second-order valence-electron chi connectivity index (χ2n) is 6.25. The lowest BCUT2D eigenvalue weighted by molar-refractivity contribution is -0.131. The number of anilines is 2. The molecule has 0 atom stereocenters. The molecule has 2 amide bonds. The molecule has 0 radical (unpaired) electrons. The number of carbonyl (C=O) groups excluding carboxylic acids is 3. The second kappa shape index (κ2) is 6.67. The molecule has 134 valence electrons. The molecule has 0 spiro atoms. The molecular formula is C19H16F2N2O3. The topological polar surface area (TPSA) is 75.3 Å². The van der Waals surface area contributed by atoms with E-state index < -0.39 is 28.9 Å². The average molecular weight is 358 g/mol. The zero-order valence-corrected chi connectivity index (χ0v) is 13.9. The van der Waals surface area contributed by atoms with E-state index in [2.05, 4.69) is 10.6 Å². The quantitative estimate of drug-likeness (QED) is 0.634. The summed E-state index contributed by atoms with van der Waals surface area (Å²) in [7, 11) is 0. The third kappa shape index (κ3) is 3.46. The monoisotopic (exact) mass is 358 g/mol. The molecule has 3 rings (SSSR count). The molecule has 1 aliphatic rings. The van der Waals surface area contributed by atoms with Gasteiger partial charge < -0.3 is 10.6 Å². The summed E-state index contributed by atoms with van der Waals surface area (Å²) in [5.74, 6) is -3.00. The van der Waals surface area contributed by atoms with Crippen LogP contribution in [0, 0.1) is 17.0 Å². The van der Waals surface area contributed by atoms with Gasteiger partial charge in [-0.05, 0) is 44.0 Å². The number of benzene rings is 2. The Morgan fingerprint density at radius 2 is 1.65 bits per heavy atom. The van der Waals surface area contributed by atoms with Crippen molar-refractivity contribution in [2.45, 2.75) is 19.8 Å². The maximum absolute atomic E-state index is 13.7. The number of hydrogen-bond donors (Lipinski definition) is 2. The number of ketones is 1. The van der Waals surface area contributed by atoms with Crippen LogP contribution in [0.15, 0.2) is 42.5 Å². The minimum Gasteiger partial charge on any atom is -0.325 e. The van der Waals surface area contributed by atoms with Crippen LogP contribution in [0.2, 0.25) is 0 Å². The Morgan fingerprint density at radius 3 is 2.27 bits per heavy atom. The van der Waals surface area contributed by atoms with Gasteiger partial charge in [0.2, 0.25) is 11.8 Å². The van der Waals surface area contributed by atoms with Crippen molar-refractivity contribution in [3.8, 4) is 0 Å². The van der Waals surface area contributed by atoms with Crippen molar-refractivity contribution < 1.29 is 23.2 Å². The van der Waals surface area contributed by atoms with Crippen molar-refractivity contribution in [3.63, 3.8) is 0 Å². The fraction of sp³-hybridized carbons (Fsp3) is 0.211. The molecule has 2 N–H and O–H groups in total. The lowest BCUT2D eigenvalue weighted by Gasteiger charge is -2.16. The van der Waals surface area contributed by atoms with Crippen molar-refractivity contribution in [2.24, 2.45) is 5.41 Å². The van der Waals surface area contributed by atoms with Gasteiger partial charge in [-0.1, -0.05) is 12.1 Å². The van der Waals surface area contributed by atoms with E-state index in [1.165, 1.54) is 13.0 Å². The van der Waals surface area contributed by atoms with Crippen LogP contribution in [0.5, 0.6) is 0 Å². The molecule has 0 unspecified atom stereocenters. The number of nitrogens with one attached hydrogen (secondary N) is 2. The van der Waals surface area contributed by atoms with Gasteiger partial charge in [0.05, 0.1) is 5.69 Å². The highest BCUT2D eigenvalue weighted by Crippen LogP contribution is 2.47. The largest absolute Gasteiger partial charge is 0.325 e. The van der Waals surface area contributed by atoms with Gasteiger partial charge in [-0.15, -0.1) is 0 Å². The fourth-order valence-electron chi connectivity index (χ4n) is 2.58. The number of rotatable bonds is 5. The fourth-order valence-corrected chi connectivity index (χ4v) is 2.58. The molecule has 7 heteroatoms. The Morgan fingerprint density at radius 1 is 0.962 bits per heavy atom. The molecule has 0 bridgehead atoms. The van der Waals surface area contributed by atoms with Crippen molar-refractivity contribution in [1.29, 1.82) is 0 Å². The molecule has 1 aliphatic carbocycles. The lowest BCUT2D eigenvalue weighted by atomic mass is 10.0. The summed E-state index contributed by atoms with van der Waals surface area (Å²) in [5, 5.41) is 4.97. The summed E-state index contributed by atoms with van der Waals surface area (Å²) in [4.78, 5) is 36.4. The van der Waals surface area contributed by atoms with Gasteiger partial charge in [0.25, 0.3) is 0 Å². The Bertz CT molecular complexity index is 907. The Hall–Kier alpha value is -3.09. The molecular weight excluding hydrogens is 342 g/mol. The first-order valence-electron chi connectivity index (χ1n) is 8.01. The standard InChI is InChI=1S/C19H16F2N2O3/c1-11(24)12-3-2-4-14(9-12)22-17(25)19(7-8-19)18(26)23-16-6-5-13(20)10-15(16)21/h2-6,9-10H,7-8H2,1H3,(H,22,25)(H,23,26). The van der Waals surface area contributed by atoms with Crippen LogP contribution < -0.4 is 10.6 Å². The summed E-state index contributed by atoms with van der Waals surface area (Å²) in [6.45, 7) is 1.41. The van der Waals surface area contributed by atoms with Crippen molar-refractivity contribution in [2.75, 3.05) is 10.6 Å². The number of carbonyl (C=O) groups is 3. The van der Waals surface area contributed by atoms with Crippen molar-refractivity contribution >= 4 is 29.0 Å². The summed E-state index contributed by atoms with van der Waals surface area (Å²) >= 11 is 0. The molecule has 5 nitrogen and oxygen atoms in total. The third-order valence-corrected chi connectivity index (χ3v) is 4.33.